The van der Waals surface area contributed by atoms with Gasteiger partial charge < -0.3 is 10.2 Å². The number of carbonyl (C=O) groups is 2. The zero-order valence-electron chi connectivity index (χ0n) is 20.1. The lowest BCUT2D eigenvalue weighted by Crippen LogP contribution is -2.52. The molecule has 192 valence electrons. The standard InChI is InChI=1S/C24H30BrCl2N3O4S/c1-5-11-28-24(32)22(6-2)29(14-17-7-10-20(26)21(27)13-17)23(31)15-30(35(4,33)34)18-8-9-19(25)16(3)12-18/h7-10,12-13,22H,5-6,11,14-15H2,1-4H3,(H,28,32). The number of hydrogen-bond donors (Lipinski definition) is 1. The van der Waals surface area contributed by atoms with Crippen molar-refractivity contribution in [1.82, 2.24) is 10.2 Å². The Morgan fingerprint density at radius 1 is 1.09 bits per heavy atom. The SMILES string of the molecule is CCCNC(=O)C(CC)N(Cc1ccc(Cl)c(Cl)c1)C(=O)CN(c1ccc(Br)c(C)c1)S(C)(=O)=O. The molecule has 0 radical (unpaired) electrons. The Bertz CT molecular complexity index is 1180. The van der Waals surface area contributed by atoms with Gasteiger partial charge in [-0.2, -0.15) is 0 Å². The maximum absolute atomic E-state index is 13.6. The summed E-state index contributed by atoms with van der Waals surface area (Å²) >= 11 is 15.6. The first kappa shape index (κ1) is 29.4. The topological polar surface area (TPSA) is 86.8 Å². The Labute approximate surface area is 225 Å². The summed E-state index contributed by atoms with van der Waals surface area (Å²) in [6.07, 6.45) is 2.14. The van der Waals surface area contributed by atoms with Crippen molar-refractivity contribution in [2.24, 2.45) is 0 Å². The van der Waals surface area contributed by atoms with Gasteiger partial charge in [-0.1, -0.05) is 59.0 Å². The molecule has 7 nitrogen and oxygen atoms in total. The fraction of sp³-hybridized carbons (Fsp3) is 0.417. The number of aryl methyl sites for hydroxylation is 1. The maximum Gasteiger partial charge on any atom is 0.244 e. The van der Waals surface area contributed by atoms with Gasteiger partial charge in [0.25, 0.3) is 0 Å². The third kappa shape index (κ3) is 8.10. The highest BCUT2D eigenvalue weighted by molar-refractivity contribution is 9.10. The van der Waals surface area contributed by atoms with Crippen LogP contribution in [0.25, 0.3) is 0 Å². The lowest BCUT2D eigenvalue weighted by molar-refractivity contribution is -0.140. The highest BCUT2D eigenvalue weighted by Crippen LogP contribution is 2.26. The Hall–Kier alpha value is -1.81. The van der Waals surface area contributed by atoms with E-state index in [1.165, 1.54) is 4.90 Å². The van der Waals surface area contributed by atoms with E-state index in [1.54, 1.807) is 43.3 Å². The highest BCUT2D eigenvalue weighted by atomic mass is 79.9. The van der Waals surface area contributed by atoms with Crippen molar-refractivity contribution in [3.8, 4) is 0 Å². The second-order valence-electron chi connectivity index (χ2n) is 8.19. The molecule has 35 heavy (non-hydrogen) atoms. The van der Waals surface area contributed by atoms with E-state index in [1.807, 2.05) is 13.8 Å². The van der Waals surface area contributed by atoms with Gasteiger partial charge in [-0.15, -0.1) is 0 Å². The van der Waals surface area contributed by atoms with Crippen molar-refractivity contribution in [2.75, 3.05) is 23.7 Å². The average Bonchev–Trinajstić information content (AvgIpc) is 2.79. The van der Waals surface area contributed by atoms with Gasteiger partial charge in [0.15, 0.2) is 0 Å². The summed E-state index contributed by atoms with van der Waals surface area (Å²) in [6.45, 7) is 5.64. The van der Waals surface area contributed by atoms with E-state index in [0.717, 1.165) is 27.0 Å². The van der Waals surface area contributed by atoms with E-state index in [9.17, 15) is 18.0 Å². The van der Waals surface area contributed by atoms with E-state index in [0.29, 0.717) is 34.3 Å². The van der Waals surface area contributed by atoms with Crippen molar-refractivity contribution in [3.05, 3.63) is 62.0 Å². The number of carbonyl (C=O) groups excluding carboxylic acids is 2. The molecule has 0 aliphatic heterocycles. The summed E-state index contributed by atoms with van der Waals surface area (Å²) in [4.78, 5) is 28.0. The molecular formula is C24H30BrCl2N3O4S. The largest absolute Gasteiger partial charge is 0.354 e. The predicted octanol–water partition coefficient (Wildman–Crippen LogP) is 5.16. The second kappa shape index (κ2) is 12.9. The van der Waals surface area contributed by atoms with E-state index >= 15 is 0 Å². The summed E-state index contributed by atoms with van der Waals surface area (Å²) in [5.41, 5.74) is 1.85. The molecule has 11 heteroatoms. The fourth-order valence-corrected chi connectivity index (χ4v) is 4.93. The normalized spacial score (nSPS) is 12.2. The number of nitrogens with zero attached hydrogens (tertiary/aromatic N) is 2. The van der Waals surface area contributed by atoms with Gasteiger partial charge in [-0.25, -0.2) is 8.42 Å². The van der Waals surface area contributed by atoms with Gasteiger partial charge in [0.2, 0.25) is 21.8 Å². The van der Waals surface area contributed by atoms with Crippen molar-refractivity contribution < 1.29 is 18.0 Å². The molecule has 0 aliphatic rings. The molecule has 0 aromatic heterocycles. The lowest BCUT2D eigenvalue weighted by Gasteiger charge is -2.33. The van der Waals surface area contributed by atoms with Crippen LogP contribution in [0, 0.1) is 6.92 Å². The first-order valence-corrected chi connectivity index (χ1v) is 14.5. The zero-order valence-corrected chi connectivity index (χ0v) is 24.1. The third-order valence-corrected chi connectivity index (χ3v) is 8.15. The molecule has 0 bridgehead atoms. The first-order valence-electron chi connectivity index (χ1n) is 11.1. The number of nitrogens with one attached hydrogen (secondary N) is 1. The van der Waals surface area contributed by atoms with Crippen LogP contribution in [0.4, 0.5) is 5.69 Å². The molecular weight excluding hydrogens is 577 g/mol. The van der Waals surface area contributed by atoms with Crippen LogP contribution >= 0.6 is 39.1 Å². The van der Waals surface area contributed by atoms with Crippen LogP contribution in [0.5, 0.6) is 0 Å². The molecule has 0 spiro atoms. The van der Waals surface area contributed by atoms with Gasteiger partial charge in [0.05, 0.1) is 22.0 Å². The summed E-state index contributed by atoms with van der Waals surface area (Å²) in [5.74, 6) is -0.811. The number of rotatable bonds is 11. The van der Waals surface area contributed by atoms with Gasteiger partial charge in [0, 0.05) is 17.6 Å². The number of anilines is 1. The highest BCUT2D eigenvalue weighted by Gasteiger charge is 2.31. The van der Waals surface area contributed by atoms with E-state index < -0.39 is 28.5 Å². The minimum absolute atomic E-state index is 0.0603. The molecule has 2 rings (SSSR count). The molecule has 1 N–H and O–H groups in total. The van der Waals surface area contributed by atoms with Crippen LogP contribution in [0.15, 0.2) is 40.9 Å². The average molecular weight is 607 g/mol. The lowest BCUT2D eigenvalue weighted by atomic mass is 10.1. The smallest absolute Gasteiger partial charge is 0.244 e. The molecule has 0 aliphatic carbocycles. The van der Waals surface area contributed by atoms with E-state index in [4.69, 9.17) is 23.2 Å². The Morgan fingerprint density at radius 3 is 2.31 bits per heavy atom. The van der Waals surface area contributed by atoms with Crippen molar-refractivity contribution in [3.63, 3.8) is 0 Å². The van der Waals surface area contributed by atoms with Gasteiger partial charge in [0.1, 0.15) is 12.6 Å². The predicted molar refractivity (Wildman–Crippen MR) is 145 cm³/mol. The maximum atomic E-state index is 13.6. The molecule has 0 saturated heterocycles. The van der Waals surface area contributed by atoms with E-state index in [2.05, 4.69) is 21.2 Å². The van der Waals surface area contributed by atoms with Crippen LogP contribution in [-0.2, 0) is 26.2 Å². The first-order chi connectivity index (χ1) is 16.4. The zero-order chi connectivity index (χ0) is 26.3. The summed E-state index contributed by atoms with van der Waals surface area (Å²) in [5, 5.41) is 3.53. The molecule has 0 fully saturated rings. The van der Waals surface area contributed by atoms with Crippen LogP contribution in [0.3, 0.4) is 0 Å². The summed E-state index contributed by atoms with van der Waals surface area (Å²) in [7, 11) is -3.80. The van der Waals surface area contributed by atoms with E-state index in [-0.39, 0.29) is 12.5 Å². The Balaban J connectivity index is 2.46. The van der Waals surface area contributed by atoms with Gasteiger partial charge in [-0.05, 0) is 61.2 Å². The number of hydrogen-bond acceptors (Lipinski definition) is 4. The Morgan fingerprint density at radius 2 is 1.77 bits per heavy atom. The fourth-order valence-electron chi connectivity index (χ4n) is 3.52. The molecule has 2 aromatic rings. The summed E-state index contributed by atoms with van der Waals surface area (Å²) in [6, 6.07) is 9.22. The number of halogens is 3. The van der Waals surface area contributed by atoms with Crippen LogP contribution in [0.1, 0.15) is 37.8 Å². The number of sulfonamides is 1. The molecule has 1 atom stereocenters. The second-order valence-corrected chi connectivity index (χ2v) is 11.8. The van der Waals surface area contributed by atoms with Crippen LogP contribution in [-0.4, -0.2) is 50.5 Å². The van der Waals surface area contributed by atoms with Crippen molar-refractivity contribution >= 4 is 66.7 Å². The molecule has 2 aromatic carbocycles. The van der Waals surface area contributed by atoms with Gasteiger partial charge in [-0.3, -0.25) is 13.9 Å². The third-order valence-electron chi connectivity index (χ3n) is 5.38. The minimum Gasteiger partial charge on any atom is -0.354 e. The van der Waals surface area contributed by atoms with Gasteiger partial charge >= 0.3 is 0 Å². The number of benzene rings is 2. The van der Waals surface area contributed by atoms with Crippen molar-refractivity contribution in [2.45, 2.75) is 46.2 Å². The Kier molecular flexibility index (Phi) is 10.9. The van der Waals surface area contributed by atoms with Crippen LogP contribution in [0.2, 0.25) is 10.0 Å². The monoisotopic (exact) mass is 605 g/mol. The van der Waals surface area contributed by atoms with Crippen LogP contribution < -0.4 is 9.62 Å². The molecule has 2 amide bonds. The molecule has 0 heterocycles. The molecule has 0 saturated carbocycles. The number of amides is 2. The van der Waals surface area contributed by atoms with Crippen molar-refractivity contribution in [1.29, 1.82) is 0 Å². The minimum atomic E-state index is -3.80. The quantitative estimate of drug-likeness (QED) is 0.383. The molecule has 1 unspecified atom stereocenters. The summed E-state index contributed by atoms with van der Waals surface area (Å²) < 4.78 is 27.2.